The summed E-state index contributed by atoms with van der Waals surface area (Å²) in [7, 11) is 0. The monoisotopic (exact) mass is 426 g/mol. The lowest BCUT2D eigenvalue weighted by molar-refractivity contribution is -0.159. The number of carbonyl (C=O) groups is 2. The molecule has 1 aromatic carbocycles. The highest BCUT2D eigenvalue weighted by Crippen LogP contribution is 2.39. The van der Waals surface area contributed by atoms with Crippen LogP contribution in [0.3, 0.4) is 0 Å². The van der Waals surface area contributed by atoms with E-state index in [4.69, 9.17) is 5.11 Å². The van der Waals surface area contributed by atoms with Crippen molar-refractivity contribution in [2.24, 2.45) is 0 Å². The summed E-state index contributed by atoms with van der Waals surface area (Å²) in [4.78, 5) is 27.2. The van der Waals surface area contributed by atoms with E-state index in [1.165, 1.54) is 16.5 Å². The molecule has 162 valence electrons. The van der Waals surface area contributed by atoms with E-state index in [2.05, 4.69) is 9.84 Å². The minimum atomic E-state index is -4.64. The average molecular weight is 426 g/mol. The summed E-state index contributed by atoms with van der Waals surface area (Å²) >= 11 is 0. The van der Waals surface area contributed by atoms with Crippen LogP contribution in [0.2, 0.25) is 0 Å². The maximum atomic E-state index is 12.5. The van der Waals surface area contributed by atoms with E-state index in [1.807, 2.05) is 0 Å². The Morgan fingerprint density at radius 2 is 2.00 bits per heavy atom. The van der Waals surface area contributed by atoms with Crippen LogP contribution in [-0.4, -0.2) is 58.9 Å². The second-order valence-electron chi connectivity index (χ2n) is 6.94. The summed E-state index contributed by atoms with van der Waals surface area (Å²) in [6.07, 6.45) is -2.53. The molecule has 2 amide bonds. The first-order valence-corrected chi connectivity index (χ1v) is 9.19. The normalized spacial score (nSPS) is 16.4. The van der Waals surface area contributed by atoms with Crippen molar-refractivity contribution in [1.82, 2.24) is 9.78 Å². The molecule has 1 atom stereocenters. The first-order valence-electron chi connectivity index (χ1n) is 9.19. The standard InChI is InChI=1S/C19H21F3N4O4/c1-12-9-25(18(29)30-11-19(20,21)22)17-7-14(3-4-16(17)26(12)13(2)28)15-8-23-24(10-15)5-6-27/h3-4,7-8,10,12,27H,5-6,9,11H2,1-2H3/t12-/m0/s1. The zero-order valence-electron chi connectivity index (χ0n) is 16.4. The molecule has 2 aromatic rings. The summed E-state index contributed by atoms with van der Waals surface area (Å²) in [6, 6.07) is 4.51. The van der Waals surface area contributed by atoms with Crippen LogP contribution < -0.4 is 9.80 Å². The van der Waals surface area contributed by atoms with Crippen LogP contribution in [0.4, 0.5) is 29.3 Å². The maximum absolute atomic E-state index is 12.5. The van der Waals surface area contributed by atoms with Crippen LogP contribution in [0.15, 0.2) is 30.6 Å². The molecular formula is C19H21F3N4O4. The lowest BCUT2D eigenvalue weighted by Crippen LogP contribution is -2.51. The van der Waals surface area contributed by atoms with Crippen LogP contribution >= 0.6 is 0 Å². The largest absolute Gasteiger partial charge is 0.439 e. The Balaban J connectivity index is 2.00. The summed E-state index contributed by atoms with van der Waals surface area (Å²) in [5.74, 6) is -0.254. The number of nitrogens with zero attached hydrogens (tertiary/aromatic N) is 4. The third-order valence-corrected chi connectivity index (χ3v) is 4.63. The zero-order chi connectivity index (χ0) is 22.1. The molecule has 0 spiro atoms. The highest BCUT2D eigenvalue weighted by molar-refractivity contribution is 6.03. The van der Waals surface area contributed by atoms with Gasteiger partial charge in [0.15, 0.2) is 6.61 Å². The molecule has 0 bridgehead atoms. The van der Waals surface area contributed by atoms with Crippen molar-refractivity contribution in [2.75, 3.05) is 29.6 Å². The number of fused-ring (bicyclic) bond motifs is 1. The Bertz CT molecular complexity index is 944. The molecule has 1 aromatic heterocycles. The van der Waals surface area contributed by atoms with Crippen LogP contribution in [0, 0.1) is 0 Å². The smallest absolute Gasteiger partial charge is 0.422 e. The third-order valence-electron chi connectivity index (χ3n) is 4.63. The Labute approximate surface area is 170 Å². The molecule has 1 aliphatic heterocycles. The number of benzene rings is 1. The van der Waals surface area contributed by atoms with Crippen LogP contribution in [0.1, 0.15) is 13.8 Å². The number of aliphatic hydroxyl groups is 1. The number of rotatable bonds is 4. The van der Waals surface area contributed by atoms with Gasteiger partial charge in [-0.15, -0.1) is 0 Å². The van der Waals surface area contributed by atoms with Gasteiger partial charge in [-0.3, -0.25) is 14.4 Å². The number of ether oxygens (including phenoxy) is 1. The summed E-state index contributed by atoms with van der Waals surface area (Å²) < 4.78 is 43.5. The minimum Gasteiger partial charge on any atom is -0.439 e. The van der Waals surface area contributed by atoms with E-state index in [1.54, 1.807) is 37.5 Å². The fraction of sp³-hybridized carbons (Fsp3) is 0.421. The lowest BCUT2D eigenvalue weighted by Gasteiger charge is -2.40. The maximum Gasteiger partial charge on any atom is 0.422 e. The van der Waals surface area contributed by atoms with Gasteiger partial charge in [0.1, 0.15) is 0 Å². The molecule has 0 saturated heterocycles. The number of aromatic nitrogens is 2. The summed E-state index contributed by atoms with van der Waals surface area (Å²) in [5.41, 5.74) is 1.99. The van der Waals surface area contributed by atoms with Crippen molar-refractivity contribution in [3.63, 3.8) is 0 Å². The number of amides is 2. The first-order chi connectivity index (χ1) is 14.1. The Morgan fingerprint density at radius 3 is 2.63 bits per heavy atom. The molecular weight excluding hydrogens is 405 g/mol. The van der Waals surface area contributed by atoms with Gasteiger partial charge in [0, 0.05) is 25.2 Å². The number of alkyl halides is 3. The van der Waals surface area contributed by atoms with Crippen LogP contribution in [-0.2, 0) is 16.1 Å². The predicted octanol–water partition coefficient (Wildman–Crippen LogP) is 2.80. The van der Waals surface area contributed by atoms with Crippen molar-refractivity contribution in [3.8, 4) is 11.1 Å². The van der Waals surface area contributed by atoms with E-state index >= 15 is 0 Å². The molecule has 30 heavy (non-hydrogen) atoms. The molecule has 0 fully saturated rings. The fourth-order valence-corrected chi connectivity index (χ4v) is 3.42. The molecule has 0 unspecified atom stereocenters. The number of halogens is 3. The fourth-order valence-electron chi connectivity index (χ4n) is 3.42. The molecule has 0 radical (unpaired) electrons. The average Bonchev–Trinajstić information content (AvgIpc) is 3.13. The molecule has 2 heterocycles. The van der Waals surface area contributed by atoms with Gasteiger partial charge in [-0.2, -0.15) is 18.3 Å². The summed E-state index contributed by atoms with van der Waals surface area (Å²) in [6.45, 7) is 1.57. The van der Waals surface area contributed by atoms with E-state index in [0.29, 0.717) is 23.4 Å². The van der Waals surface area contributed by atoms with Gasteiger partial charge in [0.25, 0.3) is 0 Å². The summed E-state index contributed by atoms with van der Waals surface area (Å²) in [5, 5.41) is 13.2. The number of hydrogen-bond acceptors (Lipinski definition) is 5. The van der Waals surface area contributed by atoms with Crippen molar-refractivity contribution in [3.05, 3.63) is 30.6 Å². The zero-order valence-corrected chi connectivity index (χ0v) is 16.4. The van der Waals surface area contributed by atoms with Crippen molar-refractivity contribution in [2.45, 2.75) is 32.6 Å². The quantitative estimate of drug-likeness (QED) is 0.813. The van der Waals surface area contributed by atoms with Gasteiger partial charge in [0.05, 0.1) is 36.8 Å². The van der Waals surface area contributed by atoms with Crippen LogP contribution in [0.5, 0.6) is 0 Å². The molecule has 3 rings (SSSR count). The predicted molar refractivity (Wildman–Crippen MR) is 102 cm³/mol. The van der Waals surface area contributed by atoms with Gasteiger partial charge in [-0.05, 0) is 24.6 Å². The first kappa shape index (κ1) is 21.6. The Hall–Kier alpha value is -3.08. The van der Waals surface area contributed by atoms with Crippen molar-refractivity contribution >= 4 is 23.4 Å². The molecule has 11 heteroatoms. The van der Waals surface area contributed by atoms with E-state index in [9.17, 15) is 22.8 Å². The van der Waals surface area contributed by atoms with Crippen molar-refractivity contribution in [1.29, 1.82) is 0 Å². The Kier molecular flexibility index (Phi) is 6.01. The number of hydrogen-bond donors (Lipinski definition) is 1. The van der Waals surface area contributed by atoms with Gasteiger partial charge in [0.2, 0.25) is 5.91 Å². The molecule has 1 N–H and O–H groups in total. The molecule has 0 saturated carbocycles. The van der Waals surface area contributed by atoms with Crippen molar-refractivity contribution < 1.29 is 32.6 Å². The number of aliphatic hydroxyl groups excluding tert-OH is 1. The van der Waals surface area contributed by atoms with E-state index < -0.39 is 24.9 Å². The highest BCUT2D eigenvalue weighted by Gasteiger charge is 2.36. The topological polar surface area (TPSA) is 87.9 Å². The second kappa shape index (κ2) is 8.34. The van der Waals surface area contributed by atoms with Gasteiger partial charge in [-0.1, -0.05) is 6.07 Å². The Morgan fingerprint density at radius 1 is 1.27 bits per heavy atom. The number of anilines is 2. The molecule has 1 aliphatic rings. The van der Waals surface area contributed by atoms with Gasteiger partial charge >= 0.3 is 12.3 Å². The SMILES string of the molecule is CC(=O)N1c2ccc(-c3cnn(CCO)c3)cc2N(C(=O)OCC(F)(F)F)C[C@@H]1C. The van der Waals surface area contributed by atoms with Gasteiger partial charge < -0.3 is 14.7 Å². The van der Waals surface area contributed by atoms with E-state index in [-0.39, 0.29) is 24.7 Å². The highest BCUT2D eigenvalue weighted by atomic mass is 19.4. The lowest BCUT2D eigenvalue weighted by atomic mass is 10.0. The van der Waals surface area contributed by atoms with E-state index in [0.717, 1.165) is 4.90 Å². The van der Waals surface area contributed by atoms with Crippen LogP contribution in [0.25, 0.3) is 11.1 Å². The second-order valence-corrected chi connectivity index (χ2v) is 6.94. The minimum absolute atomic E-state index is 0.0174. The number of carbonyl (C=O) groups excluding carboxylic acids is 2. The molecule has 0 aliphatic carbocycles. The van der Waals surface area contributed by atoms with Gasteiger partial charge in [-0.25, -0.2) is 4.79 Å². The third kappa shape index (κ3) is 4.56. The molecule has 8 nitrogen and oxygen atoms in total.